The Bertz CT molecular complexity index is 611. The molecule has 0 radical (unpaired) electrons. The quantitative estimate of drug-likeness (QED) is 0.725. The van der Waals surface area contributed by atoms with Crippen molar-refractivity contribution in [3.8, 4) is 0 Å². The number of nitrogens with zero attached hydrogens (tertiary/aromatic N) is 1. The fraction of sp³-hybridized carbons (Fsp3) is 0.812. The molecule has 2 fully saturated rings. The molecule has 0 aromatic carbocycles. The molecule has 3 atom stereocenters. The molecule has 8 heteroatoms. The van der Waals surface area contributed by atoms with Crippen molar-refractivity contribution in [3.63, 3.8) is 0 Å². The number of piperidine rings is 1. The molecule has 24 heavy (non-hydrogen) atoms. The molecule has 1 saturated carbocycles. The third-order valence-electron chi connectivity index (χ3n) is 5.78. The van der Waals surface area contributed by atoms with Crippen molar-refractivity contribution in [3.05, 3.63) is 12.2 Å². The maximum Gasteiger partial charge on any atom is 0.329 e. The molecular formula is C16H27N3O4S. The summed E-state index contributed by atoms with van der Waals surface area (Å²) in [6.45, 7) is 3.20. The number of fused-ring (bicyclic) bond motifs is 2. The lowest BCUT2D eigenvalue weighted by molar-refractivity contribution is -0.0300. The second kappa shape index (κ2) is 6.65. The van der Waals surface area contributed by atoms with Crippen LogP contribution in [0.15, 0.2) is 12.2 Å². The molecular weight excluding hydrogens is 330 g/mol. The average molecular weight is 357 g/mol. The molecule has 2 bridgehead atoms. The molecule has 0 spiro atoms. The summed E-state index contributed by atoms with van der Waals surface area (Å²) in [5.74, 6) is 1.59. The molecule has 3 aliphatic rings. The van der Waals surface area contributed by atoms with Gasteiger partial charge in [-0.1, -0.05) is 12.2 Å². The van der Waals surface area contributed by atoms with Crippen LogP contribution in [0.1, 0.15) is 32.6 Å². The number of urea groups is 1. The summed E-state index contributed by atoms with van der Waals surface area (Å²) in [4.78, 5) is 12.0. The van der Waals surface area contributed by atoms with E-state index < -0.39 is 16.2 Å². The summed E-state index contributed by atoms with van der Waals surface area (Å²) in [7, 11) is -2.16. The van der Waals surface area contributed by atoms with Gasteiger partial charge in [-0.3, -0.25) is 0 Å². The van der Waals surface area contributed by atoms with Crippen molar-refractivity contribution in [2.45, 2.75) is 38.2 Å². The van der Waals surface area contributed by atoms with E-state index in [2.05, 4.69) is 22.2 Å². The Morgan fingerprint density at radius 3 is 2.54 bits per heavy atom. The first-order chi connectivity index (χ1) is 11.3. The summed E-state index contributed by atoms with van der Waals surface area (Å²) >= 11 is 0. The summed E-state index contributed by atoms with van der Waals surface area (Å²) in [6, 6.07) is -0.637. The molecule has 1 saturated heterocycles. The first kappa shape index (κ1) is 17.7. The minimum Gasteiger partial charge on any atom is -0.378 e. The van der Waals surface area contributed by atoms with Gasteiger partial charge in [0.25, 0.3) is 0 Å². The Balaban J connectivity index is 1.46. The van der Waals surface area contributed by atoms with Gasteiger partial charge in [0.15, 0.2) is 0 Å². The van der Waals surface area contributed by atoms with Gasteiger partial charge in [-0.25, -0.2) is 9.52 Å². The lowest BCUT2D eigenvalue weighted by atomic mass is 9.94. The highest BCUT2D eigenvalue weighted by Gasteiger charge is 2.37. The monoisotopic (exact) mass is 357 g/mol. The van der Waals surface area contributed by atoms with Gasteiger partial charge in [0, 0.05) is 26.7 Å². The van der Waals surface area contributed by atoms with E-state index in [1.165, 1.54) is 4.31 Å². The molecule has 7 nitrogen and oxygen atoms in total. The minimum absolute atomic E-state index is 0.288. The van der Waals surface area contributed by atoms with Crippen LogP contribution in [0.5, 0.6) is 0 Å². The molecule has 3 rings (SSSR count). The third-order valence-corrected chi connectivity index (χ3v) is 7.26. The van der Waals surface area contributed by atoms with Gasteiger partial charge in [-0.15, -0.1) is 0 Å². The summed E-state index contributed by atoms with van der Waals surface area (Å²) in [6.07, 6.45) is 7.94. The number of amides is 2. The first-order valence-electron chi connectivity index (χ1n) is 8.60. The number of hydrogen-bond donors (Lipinski definition) is 2. The smallest absolute Gasteiger partial charge is 0.329 e. The van der Waals surface area contributed by atoms with E-state index >= 15 is 0 Å². The Kier molecular flexibility index (Phi) is 4.90. The Labute approximate surface area is 144 Å². The molecule has 2 amide bonds. The van der Waals surface area contributed by atoms with Crippen LogP contribution < -0.4 is 10.0 Å². The maximum atomic E-state index is 12.3. The van der Waals surface area contributed by atoms with E-state index in [4.69, 9.17) is 4.74 Å². The number of allylic oxidation sites excluding steroid dienone is 2. The SMILES string of the molecule is COC1(C)CCN(S(=O)(=O)NC(=O)NCC2CC3C=CC2C3)CC1. The van der Waals surface area contributed by atoms with Crippen LogP contribution in [0, 0.1) is 17.8 Å². The van der Waals surface area contributed by atoms with Crippen LogP contribution >= 0.6 is 0 Å². The number of nitrogens with one attached hydrogen (secondary N) is 2. The summed E-state index contributed by atoms with van der Waals surface area (Å²) < 4.78 is 33.5. The lowest BCUT2D eigenvalue weighted by Crippen LogP contribution is -2.52. The minimum atomic E-state index is -3.80. The zero-order valence-electron chi connectivity index (χ0n) is 14.3. The molecule has 2 N–H and O–H groups in total. The van der Waals surface area contributed by atoms with Crippen LogP contribution in [0.4, 0.5) is 4.79 Å². The topological polar surface area (TPSA) is 87.7 Å². The van der Waals surface area contributed by atoms with E-state index in [-0.39, 0.29) is 5.60 Å². The molecule has 2 aliphatic carbocycles. The first-order valence-corrected chi connectivity index (χ1v) is 10.0. The van der Waals surface area contributed by atoms with Crippen LogP contribution in [0.3, 0.4) is 0 Å². The Morgan fingerprint density at radius 1 is 1.29 bits per heavy atom. The van der Waals surface area contributed by atoms with Gasteiger partial charge in [-0.05, 0) is 50.4 Å². The molecule has 1 heterocycles. The maximum absolute atomic E-state index is 12.3. The Morgan fingerprint density at radius 2 is 2.00 bits per heavy atom. The van der Waals surface area contributed by atoms with Gasteiger partial charge >= 0.3 is 16.2 Å². The van der Waals surface area contributed by atoms with Gasteiger partial charge in [0.2, 0.25) is 0 Å². The normalized spacial score (nSPS) is 32.0. The number of carbonyl (C=O) groups excluding carboxylic acids is 1. The van der Waals surface area contributed by atoms with E-state index in [0.29, 0.717) is 50.2 Å². The van der Waals surface area contributed by atoms with Crippen molar-refractivity contribution >= 4 is 16.2 Å². The average Bonchev–Trinajstić information content (AvgIpc) is 3.16. The fourth-order valence-electron chi connectivity index (χ4n) is 3.97. The largest absolute Gasteiger partial charge is 0.378 e. The van der Waals surface area contributed by atoms with Crippen LogP contribution in [0.2, 0.25) is 0 Å². The van der Waals surface area contributed by atoms with Crippen molar-refractivity contribution in [2.75, 3.05) is 26.7 Å². The van der Waals surface area contributed by atoms with Crippen molar-refractivity contribution in [2.24, 2.45) is 17.8 Å². The van der Waals surface area contributed by atoms with Crippen LogP contribution in [-0.2, 0) is 14.9 Å². The highest BCUT2D eigenvalue weighted by molar-refractivity contribution is 7.87. The number of carbonyl (C=O) groups is 1. The zero-order valence-corrected chi connectivity index (χ0v) is 15.1. The highest BCUT2D eigenvalue weighted by Crippen LogP contribution is 2.42. The zero-order chi connectivity index (χ0) is 17.4. The number of rotatable bonds is 5. The van der Waals surface area contributed by atoms with Gasteiger partial charge < -0.3 is 10.1 Å². The molecule has 1 aliphatic heterocycles. The van der Waals surface area contributed by atoms with E-state index in [0.717, 1.165) is 12.8 Å². The summed E-state index contributed by atoms with van der Waals surface area (Å²) in [5.41, 5.74) is -0.288. The van der Waals surface area contributed by atoms with Crippen LogP contribution in [0.25, 0.3) is 0 Å². The number of methoxy groups -OCH3 is 1. The molecule has 0 aromatic heterocycles. The number of ether oxygens (including phenoxy) is 1. The van der Waals surface area contributed by atoms with Crippen molar-refractivity contribution in [1.29, 1.82) is 0 Å². The van der Waals surface area contributed by atoms with Crippen LogP contribution in [-0.4, -0.2) is 51.1 Å². The van der Waals surface area contributed by atoms with Crippen molar-refractivity contribution in [1.82, 2.24) is 14.3 Å². The van der Waals surface area contributed by atoms with Gasteiger partial charge in [0.05, 0.1) is 5.60 Å². The molecule has 136 valence electrons. The standard InChI is InChI=1S/C16H27N3O4S/c1-16(23-2)5-7-19(8-6-16)24(21,22)18-15(20)17-11-14-10-12-3-4-13(14)9-12/h3-4,12-14H,5-11H2,1-2H3,(H2,17,18,20). The lowest BCUT2D eigenvalue weighted by Gasteiger charge is -2.37. The van der Waals surface area contributed by atoms with Gasteiger partial charge in [-0.2, -0.15) is 12.7 Å². The number of hydrogen-bond acceptors (Lipinski definition) is 4. The van der Waals surface area contributed by atoms with Gasteiger partial charge in [0.1, 0.15) is 0 Å². The second-order valence-electron chi connectivity index (χ2n) is 7.41. The van der Waals surface area contributed by atoms with Crippen molar-refractivity contribution < 1.29 is 17.9 Å². The molecule has 3 unspecified atom stereocenters. The fourth-order valence-corrected chi connectivity index (χ4v) is 5.07. The van der Waals surface area contributed by atoms with E-state index in [9.17, 15) is 13.2 Å². The highest BCUT2D eigenvalue weighted by atomic mass is 32.2. The predicted octanol–water partition coefficient (Wildman–Crippen LogP) is 1.24. The van der Waals surface area contributed by atoms with E-state index in [1.54, 1.807) is 7.11 Å². The third kappa shape index (κ3) is 3.75. The second-order valence-corrected chi connectivity index (χ2v) is 9.08. The summed E-state index contributed by atoms with van der Waals surface area (Å²) in [5, 5.41) is 2.72. The van der Waals surface area contributed by atoms with E-state index in [1.807, 2.05) is 6.92 Å². The molecule has 0 aromatic rings. The predicted molar refractivity (Wildman–Crippen MR) is 90.5 cm³/mol. The Hall–Kier alpha value is -1.12.